The standard InChI is InChI=1S/C26H25N3O2S/c1-17(30)29-14-12-19(16-29)24-21-8-3-4-11-23(21)32-25(24)26(31)28(2)15-18-7-5-10-22-20(18)9-6-13-27-22/h3-11,13,19H,12,14-16H2,1-2H3/t19-/m1/s1. The Morgan fingerprint density at radius 2 is 1.91 bits per heavy atom. The smallest absolute Gasteiger partial charge is 0.264 e. The second-order valence-corrected chi connectivity index (χ2v) is 9.49. The molecule has 2 amide bonds. The Morgan fingerprint density at radius 1 is 1.09 bits per heavy atom. The van der Waals surface area contributed by atoms with E-state index in [0.717, 1.165) is 50.0 Å². The Balaban J connectivity index is 1.50. The van der Waals surface area contributed by atoms with Crippen LogP contribution >= 0.6 is 11.3 Å². The Morgan fingerprint density at radius 3 is 2.72 bits per heavy atom. The lowest BCUT2D eigenvalue weighted by Crippen LogP contribution is -2.27. The number of aromatic nitrogens is 1. The topological polar surface area (TPSA) is 53.5 Å². The van der Waals surface area contributed by atoms with Crippen LogP contribution in [0.4, 0.5) is 0 Å². The van der Waals surface area contributed by atoms with Crippen LogP contribution in [-0.2, 0) is 11.3 Å². The predicted octanol–water partition coefficient (Wildman–Crippen LogP) is 5.06. The fourth-order valence-electron chi connectivity index (χ4n) is 4.72. The minimum Gasteiger partial charge on any atom is -0.342 e. The number of pyridine rings is 1. The molecule has 1 atom stereocenters. The SMILES string of the molecule is CC(=O)N1CC[C@@H](c2c(C(=O)N(C)Cc3cccc4ncccc34)sc3ccccc23)C1. The maximum absolute atomic E-state index is 13.7. The van der Waals surface area contributed by atoms with Crippen molar-refractivity contribution in [3.8, 4) is 0 Å². The molecule has 2 aromatic carbocycles. The van der Waals surface area contributed by atoms with Gasteiger partial charge in [0.15, 0.2) is 0 Å². The molecule has 1 aliphatic rings. The molecule has 0 aliphatic carbocycles. The molecule has 0 saturated carbocycles. The van der Waals surface area contributed by atoms with Crippen LogP contribution in [0, 0.1) is 0 Å². The molecule has 32 heavy (non-hydrogen) atoms. The van der Waals surface area contributed by atoms with E-state index in [4.69, 9.17) is 0 Å². The molecule has 5 nitrogen and oxygen atoms in total. The molecule has 0 spiro atoms. The van der Waals surface area contributed by atoms with Crippen molar-refractivity contribution in [1.82, 2.24) is 14.8 Å². The molecule has 4 aromatic rings. The van der Waals surface area contributed by atoms with Crippen molar-refractivity contribution < 1.29 is 9.59 Å². The number of carbonyl (C=O) groups is 2. The number of amides is 2. The van der Waals surface area contributed by atoms with Gasteiger partial charge in [-0.25, -0.2) is 0 Å². The number of hydrogen-bond acceptors (Lipinski definition) is 4. The summed E-state index contributed by atoms with van der Waals surface area (Å²) in [5.41, 5.74) is 3.12. The minimum absolute atomic E-state index is 0.0309. The number of hydrogen-bond donors (Lipinski definition) is 0. The fourth-order valence-corrected chi connectivity index (χ4v) is 6.00. The number of benzene rings is 2. The quantitative estimate of drug-likeness (QED) is 0.443. The first-order chi connectivity index (χ1) is 15.5. The first-order valence-corrected chi connectivity index (χ1v) is 11.7. The number of rotatable bonds is 4. The lowest BCUT2D eigenvalue weighted by molar-refractivity contribution is -0.127. The molecule has 6 heteroatoms. The fraction of sp³-hybridized carbons (Fsp3) is 0.269. The zero-order valence-corrected chi connectivity index (χ0v) is 19.1. The van der Waals surface area contributed by atoms with Gasteiger partial charge in [-0.1, -0.05) is 36.4 Å². The van der Waals surface area contributed by atoms with Gasteiger partial charge in [0, 0.05) is 55.8 Å². The summed E-state index contributed by atoms with van der Waals surface area (Å²) >= 11 is 1.56. The maximum Gasteiger partial charge on any atom is 0.264 e. The van der Waals surface area contributed by atoms with Crippen molar-refractivity contribution in [3.05, 3.63) is 76.8 Å². The first kappa shape index (κ1) is 20.6. The zero-order chi connectivity index (χ0) is 22.2. The highest BCUT2D eigenvalue weighted by atomic mass is 32.1. The van der Waals surface area contributed by atoms with Gasteiger partial charge in [-0.15, -0.1) is 11.3 Å². The predicted molar refractivity (Wildman–Crippen MR) is 129 cm³/mol. The van der Waals surface area contributed by atoms with Crippen molar-refractivity contribution in [2.45, 2.75) is 25.8 Å². The van der Waals surface area contributed by atoms with Crippen LogP contribution in [0.5, 0.6) is 0 Å². The number of carbonyl (C=O) groups excluding carboxylic acids is 2. The molecule has 162 valence electrons. The second kappa shape index (κ2) is 8.36. The molecule has 1 fully saturated rings. The van der Waals surface area contributed by atoms with E-state index in [1.54, 1.807) is 29.4 Å². The average molecular weight is 444 g/mol. The monoisotopic (exact) mass is 443 g/mol. The third-order valence-electron chi connectivity index (χ3n) is 6.36. The summed E-state index contributed by atoms with van der Waals surface area (Å²) in [5, 5.41) is 2.21. The third-order valence-corrected chi connectivity index (χ3v) is 7.53. The summed E-state index contributed by atoms with van der Waals surface area (Å²) < 4.78 is 1.12. The molecule has 0 radical (unpaired) electrons. The van der Waals surface area contributed by atoms with Gasteiger partial charge >= 0.3 is 0 Å². The van der Waals surface area contributed by atoms with Gasteiger partial charge in [-0.05, 0) is 41.1 Å². The van der Waals surface area contributed by atoms with Crippen molar-refractivity contribution >= 4 is 44.1 Å². The van der Waals surface area contributed by atoms with Gasteiger partial charge in [-0.3, -0.25) is 14.6 Å². The van der Waals surface area contributed by atoms with Crippen LogP contribution in [-0.4, -0.2) is 46.7 Å². The van der Waals surface area contributed by atoms with E-state index >= 15 is 0 Å². The van der Waals surface area contributed by atoms with Crippen molar-refractivity contribution in [2.24, 2.45) is 0 Å². The molecular formula is C26H25N3O2S. The summed E-state index contributed by atoms with van der Waals surface area (Å²) in [6.45, 7) is 3.55. The highest BCUT2D eigenvalue weighted by molar-refractivity contribution is 7.21. The Hall–Kier alpha value is -3.25. The summed E-state index contributed by atoms with van der Waals surface area (Å²) in [7, 11) is 1.86. The van der Waals surface area contributed by atoms with Crippen LogP contribution in [0.1, 0.15) is 40.1 Å². The Bertz CT molecular complexity index is 1320. The van der Waals surface area contributed by atoms with Crippen LogP contribution < -0.4 is 0 Å². The largest absolute Gasteiger partial charge is 0.342 e. The first-order valence-electron chi connectivity index (χ1n) is 10.9. The van der Waals surface area contributed by atoms with Gasteiger partial charge < -0.3 is 9.80 Å². The van der Waals surface area contributed by atoms with E-state index in [9.17, 15) is 9.59 Å². The molecule has 1 saturated heterocycles. The van der Waals surface area contributed by atoms with E-state index in [1.165, 1.54) is 0 Å². The number of thiophene rings is 1. The molecule has 3 heterocycles. The normalized spacial score (nSPS) is 16.1. The third kappa shape index (κ3) is 3.65. The maximum atomic E-state index is 13.7. The Kier molecular flexibility index (Phi) is 5.39. The van der Waals surface area contributed by atoms with Gasteiger partial charge in [0.2, 0.25) is 5.91 Å². The zero-order valence-electron chi connectivity index (χ0n) is 18.2. The van der Waals surface area contributed by atoms with Crippen molar-refractivity contribution in [3.63, 3.8) is 0 Å². The highest BCUT2D eigenvalue weighted by Gasteiger charge is 2.32. The van der Waals surface area contributed by atoms with E-state index in [1.807, 2.05) is 42.3 Å². The van der Waals surface area contributed by atoms with E-state index in [-0.39, 0.29) is 17.7 Å². The minimum atomic E-state index is 0.0309. The van der Waals surface area contributed by atoms with Crippen LogP contribution in [0.3, 0.4) is 0 Å². The molecule has 1 aliphatic heterocycles. The summed E-state index contributed by atoms with van der Waals surface area (Å²) in [5.74, 6) is 0.314. The summed E-state index contributed by atoms with van der Waals surface area (Å²) in [6, 6.07) is 18.2. The summed E-state index contributed by atoms with van der Waals surface area (Å²) in [6.07, 6.45) is 2.68. The molecule has 0 unspecified atom stereocenters. The van der Waals surface area contributed by atoms with E-state index in [0.29, 0.717) is 13.1 Å². The van der Waals surface area contributed by atoms with Crippen molar-refractivity contribution in [1.29, 1.82) is 0 Å². The lowest BCUT2D eigenvalue weighted by Gasteiger charge is -2.20. The second-order valence-electron chi connectivity index (χ2n) is 8.44. The molecule has 0 N–H and O–H groups in total. The number of likely N-dealkylation sites (tertiary alicyclic amines) is 1. The highest BCUT2D eigenvalue weighted by Crippen LogP contribution is 2.40. The van der Waals surface area contributed by atoms with Gasteiger partial charge in [0.25, 0.3) is 5.91 Å². The van der Waals surface area contributed by atoms with E-state index < -0.39 is 0 Å². The van der Waals surface area contributed by atoms with Gasteiger partial charge in [0.1, 0.15) is 0 Å². The van der Waals surface area contributed by atoms with Crippen molar-refractivity contribution in [2.75, 3.05) is 20.1 Å². The van der Waals surface area contributed by atoms with E-state index in [2.05, 4.69) is 29.2 Å². The van der Waals surface area contributed by atoms with Gasteiger partial charge in [-0.2, -0.15) is 0 Å². The Labute approximate surface area is 191 Å². The van der Waals surface area contributed by atoms with Crippen LogP contribution in [0.25, 0.3) is 21.0 Å². The van der Waals surface area contributed by atoms with Crippen LogP contribution in [0.15, 0.2) is 60.8 Å². The molecule has 5 rings (SSSR count). The lowest BCUT2D eigenvalue weighted by atomic mass is 9.94. The summed E-state index contributed by atoms with van der Waals surface area (Å²) in [4.78, 5) is 34.5. The molecular weight excluding hydrogens is 418 g/mol. The van der Waals surface area contributed by atoms with Crippen LogP contribution in [0.2, 0.25) is 0 Å². The molecule has 0 bridgehead atoms. The molecule has 2 aromatic heterocycles. The number of fused-ring (bicyclic) bond motifs is 2. The van der Waals surface area contributed by atoms with Gasteiger partial charge in [0.05, 0.1) is 10.4 Å². The average Bonchev–Trinajstić information content (AvgIpc) is 3.43. The number of nitrogens with zero attached hydrogens (tertiary/aromatic N) is 3.